The van der Waals surface area contributed by atoms with E-state index in [1.807, 2.05) is 0 Å². The molecular weight excluding hydrogens is 170 g/mol. The molecule has 0 N–H and O–H groups in total. The first-order valence-corrected chi connectivity index (χ1v) is 6.18. The molecule has 1 fully saturated rings. The van der Waals surface area contributed by atoms with Crippen molar-refractivity contribution in [3.8, 4) is 0 Å². The molecule has 0 aromatic carbocycles. The maximum atomic E-state index is 2.67. The quantitative estimate of drug-likeness (QED) is 0.654. The molecule has 1 nitrogen and oxygen atoms in total. The van der Waals surface area contributed by atoms with Gasteiger partial charge in [0.1, 0.15) is 0 Å². The maximum Gasteiger partial charge on any atom is 0.0125 e. The molecule has 0 bridgehead atoms. The highest BCUT2D eigenvalue weighted by atomic mass is 15.2. The summed E-state index contributed by atoms with van der Waals surface area (Å²) < 4.78 is 0. The average molecular weight is 197 g/mol. The third-order valence-electron chi connectivity index (χ3n) is 3.39. The van der Waals surface area contributed by atoms with Gasteiger partial charge in [-0.2, -0.15) is 0 Å². The molecule has 0 aromatic heterocycles. The number of nitrogens with zero attached hydrogens (tertiary/aromatic N) is 1. The fraction of sp³-hybridized carbons (Fsp3) is 1.00. The topological polar surface area (TPSA) is 3.24 Å². The molecule has 1 aliphatic heterocycles. The van der Waals surface area contributed by atoms with Crippen molar-refractivity contribution in [3.05, 3.63) is 0 Å². The lowest BCUT2D eigenvalue weighted by molar-refractivity contribution is 0.0488. The minimum atomic E-state index is 0.362. The van der Waals surface area contributed by atoms with Crippen molar-refractivity contribution in [2.45, 2.75) is 59.4 Å². The van der Waals surface area contributed by atoms with E-state index < -0.39 is 0 Å². The average Bonchev–Trinajstić information content (AvgIpc) is 2.02. The van der Waals surface area contributed by atoms with Crippen molar-refractivity contribution < 1.29 is 0 Å². The molecule has 2 unspecified atom stereocenters. The molecule has 0 aliphatic carbocycles. The molecule has 2 atom stereocenters. The molecule has 0 saturated carbocycles. The van der Waals surface area contributed by atoms with Crippen LogP contribution in [0.3, 0.4) is 0 Å². The number of rotatable bonds is 2. The summed E-state index contributed by atoms with van der Waals surface area (Å²) in [6, 6.07) is 0. The van der Waals surface area contributed by atoms with E-state index in [2.05, 4.69) is 39.5 Å². The summed E-state index contributed by atoms with van der Waals surface area (Å²) in [6.45, 7) is 14.3. The molecule has 1 heterocycles. The normalized spacial score (nSPS) is 30.6. The number of likely N-dealkylation sites (tertiary alicyclic amines) is 1. The molecule has 0 radical (unpaired) electrons. The molecule has 14 heavy (non-hydrogen) atoms. The van der Waals surface area contributed by atoms with Crippen molar-refractivity contribution in [2.24, 2.45) is 11.8 Å². The van der Waals surface area contributed by atoms with E-state index in [4.69, 9.17) is 0 Å². The summed E-state index contributed by atoms with van der Waals surface area (Å²) in [5, 5.41) is 0. The summed E-state index contributed by atoms with van der Waals surface area (Å²) in [6.07, 6.45) is 4.20. The fourth-order valence-electron chi connectivity index (χ4n) is 2.65. The van der Waals surface area contributed by atoms with Crippen molar-refractivity contribution in [2.75, 3.05) is 13.1 Å². The zero-order chi connectivity index (χ0) is 10.8. The largest absolute Gasteiger partial charge is 0.298 e. The third-order valence-corrected chi connectivity index (χ3v) is 3.39. The van der Waals surface area contributed by atoms with Crippen LogP contribution >= 0.6 is 0 Å². The van der Waals surface area contributed by atoms with Crippen LogP contribution in [0.15, 0.2) is 0 Å². The van der Waals surface area contributed by atoms with Gasteiger partial charge >= 0.3 is 0 Å². The standard InChI is InChI=1S/C13H27N/c1-6-7-12-8-11(2)9-14(10-12)13(3,4)5/h11-12H,6-10H2,1-5H3. The molecule has 1 saturated heterocycles. The summed E-state index contributed by atoms with van der Waals surface area (Å²) in [4.78, 5) is 2.67. The summed E-state index contributed by atoms with van der Waals surface area (Å²) >= 11 is 0. The first-order chi connectivity index (χ1) is 6.43. The van der Waals surface area contributed by atoms with Gasteiger partial charge in [-0.25, -0.2) is 0 Å². The van der Waals surface area contributed by atoms with E-state index in [1.165, 1.54) is 32.4 Å². The smallest absolute Gasteiger partial charge is 0.0125 e. The number of hydrogen-bond donors (Lipinski definition) is 0. The van der Waals surface area contributed by atoms with Gasteiger partial charge in [-0.15, -0.1) is 0 Å². The molecule has 1 aliphatic rings. The van der Waals surface area contributed by atoms with Crippen LogP contribution in [0.2, 0.25) is 0 Å². The van der Waals surface area contributed by atoms with Gasteiger partial charge in [-0.05, 0) is 45.4 Å². The second-order valence-corrected chi connectivity index (χ2v) is 6.07. The summed E-state index contributed by atoms with van der Waals surface area (Å²) in [5.41, 5.74) is 0.362. The van der Waals surface area contributed by atoms with Crippen LogP contribution in [0.5, 0.6) is 0 Å². The molecule has 0 aromatic rings. The molecule has 1 heteroatoms. The van der Waals surface area contributed by atoms with Gasteiger partial charge in [0.15, 0.2) is 0 Å². The maximum absolute atomic E-state index is 2.67. The van der Waals surface area contributed by atoms with Crippen LogP contribution in [0, 0.1) is 11.8 Å². The van der Waals surface area contributed by atoms with Crippen molar-refractivity contribution in [1.82, 2.24) is 4.90 Å². The van der Waals surface area contributed by atoms with E-state index in [-0.39, 0.29) is 0 Å². The van der Waals surface area contributed by atoms with E-state index in [0.717, 1.165) is 11.8 Å². The van der Waals surface area contributed by atoms with Crippen LogP contribution in [-0.2, 0) is 0 Å². The second kappa shape index (κ2) is 4.65. The highest BCUT2D eigenvalue weighted by Gasteiger charge is 2.30. The highest BCUT2D eigenvalue weighted by molar-refractivity contribution is 4.84. The second-order valence-electron chi connectivity index (χ2n) is 6.07. The zero-order valence-corrected chi connectivity index (χ0v) is 10.6. The van der Waals surface area contributed by atoms with Gasteiger partial charge in [0.2, 0.25) is 0 Å². The Bertz CT molecular complexity index is 169. The van der Waals surface area contributed by atoms with E-state index >= 15 is 0 Å². The van der Waals surface area contributed by atoms with Gasteiger partial charge in [0, 0.05) is 18.6 Å². The van der Waals surface area contributed by atoms with Crippen LogP contribution in [-0.4, -0.2) is 23.5 Å². The van der Waals surface area contributed by atoms with E-state index in [0.29, 0.717) is 5.54 Å². The minimum Gasteiger partial charge on any atom is -0.298 e. The molecule has 1 rings (SSSR count). The van der Waals surface area contributed by atoms with Gasteiger partial charge < -0.3 is 0 Å². The van der Waals surface area contributed by atoms with Crippen LogP contribution in [0.1, 0.15) is 53.9 Å². The number of hydrogen-bond acceptors (Lipinski definition) is 1. The van der Waals surface area contributed by atoms with E-state index in [1.54, 1.807) is 0 Å². The Morgan fingerprint density at radius 2 is 1.86 bits per heavy atom. The first kappa shape index (κ1) is 12.0. The van der Waals surface area contributed by atoms with Gasteiger partial charge in [-0.1, -0.05) is 20.3 Å². The minimum absolute atomic E-state index is 0.362. The molecule has 84 valence electrons. The van der Waals surface area contributed by atoms with E-state index in [9.17, 15) is 0 Å². The first-order valence-electron chi connectivity index (χ1n) is 6.18. The van der Waals surface area contributed by atoms with Gasteiger partial charge in [0.05, 0.1) is 0 Å². The SMILES string of the molecule is CCCC1CC(C)CN(C(C)(C)C)C1. The Hall–Kier alpha value is -0.0400. The van der Waals surface area contributed by atoms with Crippen molar-refractivity contribution >= 4 is 0 Å². The lowest BCUT2D eigenvalue weighted by Gasteiger charge is -2.44. The van der Waals surface area contributed by atoms with Crippen molar-refractivity contribution in [3.63, 3.8) is 0 Å². The predicted molar refractivity (Wildman–Crippen MR) is 63.5 cm³/mol. The lowest BCUT2D eigenvalue weighted by Crippen LogP contribution is -2.49. The number of piperidine rings is 1. The Balaban J connectivity index is 2.54. The summed E-state index contributed by atoms with van der Waals surface area (Å²) in [7, 11) is 0. The Morgan fingerprint density at radius 1 is 1.21 bits per heavy atom. The van der Waals surface area contributed by atoms with Crippen LogP contribution in [0.4, 0.5) is 0 Å². The molecule has 0 amide bonds. The third kappa shape index (κ3) is 3.27. The van der Waals surface area contributed by atoms with Crippen LogP contribution < -0.4 is 0 Å². The van der Waals surface area contributed by atoms with Gasteiger partial charge in [0.25, 0.3) is 0 Å². The lowest BCUT2D eigenvalue weighted by atomic mass is 9.85. The Kier molecular flexibility index (Phi) is 4.00. The molecular formula is C13H27N. The summed E-state index contributed by atoms with van der Waals surface area (Å²) in [5.74, 6) is 1.84. The molecule has 0 spiro atoms. The monoisotopic (exact) mass is 197 g/mol. The Labute approximate surface area is 89.9 Å². The zero-order valence-electron chi connectivity index (χ0n) is 10.6. The predicted octanol–water partition coefficient (Wildman–Crippen LogP) is 3.54. The van der Waals surface area contributed by atoms with Crippen molar-refractivity contribution in [1.29, 1.82) is 0 Å². The Morgan fingerprint density at radius 3 is 2.36 bits per heavy atom. The van der Waals surface area contributed by atoms with Crippen LogP contribution in [0.25, 0.3) is 0 Å². The highest BCUT2D eigenvalue weighted by Crippen LogP contribution is 2.29. The fourth-order valence-corrected chi connectivity index (χ4v) is 2.65. The van der Waals surface area contributed by atoms with Gasteiger partial charge in [-0.3, -0.25) is 4.90 Å².